The average Bonchev–Trinajstić information content (AvgIpc) is 3.29. The summed E-state index contributed by atoms with van der Waals surface area (Å²) >= 11 is 0. The molecule has 6 heteroatoms. The summed E-state index contributed by atoms with van der Waals surface area (Å²) in [5, 5.41) is 0. The Balaban J connectivity index is 1.45. The summed E-state index contributed by atoms with van der Waals surface area (Å²) in [7, 11) is 0. The van der Waals surface area contributed by atoms with E-state index in [0.717, 1.165) is 39.4 Å². The molecule has 0 aliphatic carbocycles. The Labute approximate surface area is 158 Å². The van der Waals surface area contributed by atoms with Crippen LogP contribution in [0.2, 0.25) is 0 Å². The molecule has 26 heavy (non-hydrogen) atoms. The highest BCUT2D eigenvalue weighted by atomic mass is 16.5. The number of nitrogens with zero attached hydrogens (tertiary/aromatic N) is 4. The molecular weight excluding hydrogens is 328 g/mol. The third kappa shape index (κ3) is 8.15. The SMILES string of the molecule is CCCC[n+]1ccn(CCOCCOCCn2cc[n+](CCCC)c2)c1. The minimum absolute atomic E-state index is 0.652. The third-order valence-electron chi connectivity index (χ3n) is 4.39. The molecule has 0 unspecified atom stereocenters. The van der Waals surface area contributed by atoms with Crippen LogP contribution in [0.5, 0.6) is 0 Å². The summed E-state index contributed by atoms with van der Waals surface area (Å²) in [5.74, 6) is 0. The van der Waals surface area contributed by atoms with Gasteiger partial charge >= 0.3 is 0 Å². The molecule has 0 aliphatic heterocycles. The number of imidazole rings is 2. The second-order valence-electron chi connectivity index (χ2n) is 6.71. The molecule has 6 nitrogen and oxygen atoms in total. The summed E-state index contributed by atoms with van der Waals surface area (Å²) in [6, 6.07) is 0. The Bertz CT molecular complexity index is 542. The van der Waals surface area contributed by atoms with E-state index in [1.165, 1.54) is 25.7 Å². The third-order valence-corrected chi connectivity index (χ3v) is 4.39. The smallest absolute Gasteiger partial charge is 0.243 e. The first-order valence-electron chi connectivity index (χ1n) is 10.1. The standard InChI is InChI=1S/C20H36N4O2/c1-3-5-7-21-9-11-23(19-21)13-15-25-17-18-26-16-14-24-12-10-22(20-24)8-6-4-2/h9-12,19-20H,3-8,13-18H2,1-2H3/q+2. The van der Waals surface area contributed by atoms with Gasteiger partial charge < -0.3 is 9.47 Å². The highest BCUT2D eigenvalue weighted by Gasteiger charge is 2.04. The highest BCUT2D eigenvalue weighted by molar-refractivity contribution is 4.66. The van der Waals surface area contributed by atoms with Gasteiger partial charge in [-0.1, -0.05) is 26.7 Å². The molecular formula is C20H36N4O2+2. The van der Waals surface area contributed by atoms with E-state index in [0.29, 0.717) is 13.2 Å². The molecule has 0 saturated carbocycles. The Hall–Kier alpha value is -1.66. The lowest BCUT2D eigenvalue weighted by Gasteiger charge is -2.04. The van der Waals surface area contributed by atoms with Gasteiger partial charge in [-0.2, -0.15) is 0 Å². The Morgan fingerprint density at radius 3 is 1.58 bits per heavy atom. The number of unbranched alkanes of at least 4 members (excludes halogenated alkanes) is 2. The Kier molecular flexibility index (Phi) is 10.1. The van der Waals surface area contributed by atoms with Crippen LogP contribution >= 0.6 is 0 Å². The van der Waals surface area contributed by atoms with Crippen LogP contribution in [0.4, 0.5) is 0 Å². The zero-order valence-corrected chi connectivity index (χ0v) is 16.6. The molecule has 0 spiro atoms. The van der Waals surface area contributed by atoms with Crippen LogP contribution in [0, 0.1) is 0 Å². The lowest BCUT2D eigenvalue weighted by molar-refractivity contribution is -0.697. The fourth-order valence-electron chi connectivity index (χ4n) is 2.75. The number of aromatic nitrogens is 4. The van der Waals surface area contributed by atoms with Crippen molar-refractivity contribution in [2.24, 2.45) is 0 Å². The summed E-state index contributed by atoms with van der Waals surface area (Å²) in [4.78, 5) is 0. The first-order valence-corrected chi connectivity index (χ1v) is 10.1. The normalized spacial score (nSPS) is 11.3. The number of aryl methyl sites for hydroxylation is 2. The molecule has 0 fully saturated rings. The number of rotatable bonds is 15. The van der Waals surface area contributed by atoms with E-state index in [1.54, 1.807) is 0 Å². The van der Waals surface area contributed by atoms with Crippen molar-refractivity contribution in [2.75, 3.05) is 26.4 Å². The maximum atomic E-state index is 5.66. The first kappa shape index (κ1) is 20.6. The van der Waals surface area contributed by atoms with Crippen molar-refractivity contribution in [1.82, 2.24) is 9.13 Å². The quantitative estimate of drug-likeness (QED) is 0.359. The molecule has 2 rings (SSSR count). The predicted octanol–water partition coefficient (Wildman–Crippen LogP) is 2.20. The van der Waals surface area contributed by atoms with Gasteiger partial charge in [0.15, 0.2) is 0 Å². The minimum Gasteiger partial charge on any atom is -0.375 e. The molecule has 0 saturated heterocycles. The number of ether oxygens (including phenoxy) is 2. The minimum atomic E-state index is 0.652. The van der Waals surface area contributed by atoms with Gasteiger partial charge in [-0.15, -0.1) is 0 Å². The van der Waals surface area contributed by atoms with E-state index in [9.17, 15) is 0 Å². The molecule has 0 N–H and O–H groups in total. The van der Waals surface area contributed by atoms with E-state index in [4.69, 9.17) is 9.47 Å². The van der Waals surface area contributed by atoms with Gasteiger partial charge in [-0.3, -0.25) is 0 Å². The van der Waals surface area contributed by atoms with Crippen LogP contribution in [0.25, 0.3) is 0 Å². The topological polar surface area (TPSA) is 36.1 Å². The second-order valence-corrected chi connectivity index (χ2v) is 6.71. The first-order chi connectivity index (χ1) is 12.8. The fraction of sp³-hybridized carbons (Fsp3) is 0.700. The summed E-state index contributed by atoms with van der Waals surface area (Å²) in [5.41, 5.74) is 0. The molecule has 146 valence electrons. The van der Waals surface area contributed by atoms with Crippen LogP contribution in [0.3, 0.4) is 0 Å². The second kappa shape index (κ2) is 12.7. The molecule has 0 aliphatic rings. The summed E-state index contributed by atoms with van der Waals surface area (Å²) in [6.07, 6.45) is 17.7. The lowest BCUT2D eigenvalue weighted by Crippen LogP contribution is -2.30. The predicted molar refractivity (Wildman–Crippen MR) is 101 cm³/mol. The molecule has 0 atom stereocenters. The van der Waals surface area contributed by atoms with E-state index < -0.39 is 0 Å². The van der Waals surface area contributed by atoms with E-state index >= 15 is 0 Å². The van der Waals surface area contributed by atoms with E-state index in [-0.39, 0.29) is 0 Å². The van der Waals surface area contributed by atoms with Gasteiger partial charge in [0.1, 0.15) is 37.9 Å². The van der Waals surface area contributed by atoms with Crippen molar-refractivity contribution in [2.45, 2.75) is 65.7 Å². The maximum Gasteiger partial charge on any atom is 0.243 e. The summed E-state index contributed by atoms with van der Waals surface area (Å²) in [6.45, 7) is 11.2. The van der Waals surface area contributed by atoms with Gasteiger partial charge in [0.25, 0.3) is 0 Å². The molecule has 0 bridgehead atoms. The highest BCUT2D eigenvalue weighted by Crippen LogP contribution is 1.92. The molecule has 0 amide bonds. The molecule has 2 aromatic rings. The van der Waals surface area contributed by atoms with Crippen LogP contribution in [0.15, 0.2) is 37.4 Å². The lowest BCUT2D eigenvalue weighted by atomic mass is 10.3. The van der Waals surface area contributed by atoms with Crippen molar-refractivity contribution in [1.29, 1.82) is 0 Å². The van der Waals surface area contributed by atoms with Crippen LogP contribution in [-0.4, -0.2) is 35.6 Å². The number of hydrogen-bond acceptors (Lipinski definition) is 2. The van der Waals surface area contributed by atoms with Crippen molar-refractivity contribution in [3.05, 3.63) is 37.4 Å². The van der Waals surface area contributed by atoms with E-state index in [2.05, 4.69) is 69.6 Å². The van der Waals surface area contributed by atoms with Crippen LogP contribution in [-0.2, 0) is 35.7 Å². The largest absolute Gasteiger partial charge is 0.375 e. The maximum absolute atomic E-state index is 5.66. The van der Waals surface area contributed by atoms with Gasteiger partial charge in [0.05, 0.1) is 39.5 Å². The average molecular weight is 365 g/mol. The van der Waals surface area contributed by atoms with Gasteiger partial charge in [-0.25, -0.2) is 18.3 Å². The van der Waals surface area contributed by atoms with Crippen molar-refractivity contribution >= 4 is 0 Å². The van der Waals surface area contributed by atoms with E-state index in [1.807, 2.05) is 0 Å². The van der Waals surface area contributed by atoms with Crippen LogP contribution in [0.1, 0.15) is 39.5 Å². The Morgan fingerprint density at radius 2 is 1.15 bits per heavy atom. The molecule has 2 heterocycles. The fourth-order valence-corrected chi connectivity index (χ4v) is 2.75. The van der Waals surface area contributed by atoms with Gasteiger partial charge in [-0.05, 0) is 12.8 Å². The van der Waals surface area contributed by atoms with Gasteiger partial charge in [0, 0.05) is 0 Å². The zero-order valence-electron chi connectivity index (χ0n) is 16.6. The van der Waals surface area contributed by atoms with Crippen molar-refractivity contribution in [3.63, 3.8) is 0 Å². The Morgan fingerprint density at radius 1 is 0.692 bits per heavy atom. The molecule has 0 aromatic carbocycles. The van der Waals surface area contributed by atoms with Crippen LogP contribution < -0.4 is 9.13 Å². The zero-order chi connectivity index (χ0) is 18.5. The van der Waals surface area contributed by atoms with Crippen molar-refractivity contribution < 1.29 is 18.6 Å². The van der Waals surface area contributed by atoms with Crippen molar-refractivity contribution in [3.8, 4) is 0 Å². The monoisotopic (exact) mass is 364 g/mol. The molecule has 2 aromatic heterocycles. The molecule has 0 radical (unpaired) electrons. The summed E-state index contributed by atoms with van der Waals surface area (Å²) < 4.78 is 20.2. The van der Waals surface area contributed by atoms with Gasteiger partial charge in [0.2, 0.25) is 12.7 Å². The number of hydrogen-bond donors (Lipinski definition) is 0.